The van der Waals surface area contributed by atoms with Gasteiger partial charge in [-0.1, -0.05) is 102 Å². The summed E-state index contributed by atoms with van der Waals surface area (Å²) >= 11 is 0. The fourth-order valence-electron chi connectivity index (χ4n) is 6.27. The van der Waals surface area contributed by atoms with Gasteiger partial charge in [0.2, 0.25) is 0 Å². The number of halogens is 2. The monoisotopic (exact) mass is 528 g/mol. The minimum atomic E-state index is 0. The van der Waals surface area contributed by atoms with Crippen LogP contribution in [0.4, 0.5) is 0 Å². The summed E-state index contributed by atoms with van der Waals surface area (Å²) < 4.78 is 0. The molecule has 1 fully saturated rings. The van der Waals surface area contributed by atoms with Gasteiger partial charge in [0, 0.05) is 11.3 Å². The first-order valence-electron chi connectivity index (χ1n) is 10.8. The molecule has 0 aromatic heterocycles. The largest absolute Gasteiger partial charge is 2.00 e. The molecule has 0 bridgehead atoms. The quantitative estimate of drug-likeness (QED) is 0.447. The van der Waals surface area contributed by atoms with Crippen LogP contribution in [0.3, 0.4) is 0 Å². The van der Waals surface area contributed by atoms with Gasteiger partial charge in [0.1, 0.15) is 0 Å². The van der Waals surface area contributed by atoms with E-state index in [1.54, 1.807) is 16.7 Å². The molecule has 5 rings (SSSR count). The zero-order valence-electron chi connectivity index (χ0n) is 19.4. The van der Waals surface area contributed by atoms with Gasteiger partial charge in [-0.25, -0.2) is 0 Å². The van der Waals surface area contributed by atoms with Crippen molar-refractivity contribution in [3.05, 3.63) is 82.5 Å². The van der Waals surface area contributed by atoms with E-state index in [2.05, 4.69) is 96.2 Å². The molecule has 162 valence electrons. The molecule has 2 atom stereocenters. The van der Waals surface area contributed by atoms with Crippen LogP contribution in [0.25, 0.3) is 11.1 Å². The van der Waals surface area contributed by atoms with E-state index in [1.807, 2.05) is 0 Å². The van der Waals surface area contributed by atoms with Crippen molar-refractivity contribution in [3.63, 3.8) is 0 Å². The number of allylic oxidation sites excluding steroid dienone is 4. The van der Waals surface area contributed by atoms with Crippen LogP contribution in [0.2, 0.25) is 0 Å². The fourth-order valence-corrected chi connectivity index (χ4v) is 6.27. The minimum Gasteiger partial charge on any atom is -1.00 e. The molecule has 0 heterocycles. The van der Waals surface area contributed by atoms with Crippen LogP contribution in [-0.4, -0.2) is 0 Å². The van der Waals surface area contributed by atoms with Gasteiger partial charge in [0.15, 0.2) is 0 Å². The van der Waals surface area contributed by atoms with Gasteiger partial charge in [-0.3, -0.25) is 0 Å². The van der Waals surface area contributed by atoms with Crippen molar-refractivity contribution in [2.45, 2.75) is 59.8 Å². The first kappa shape index (κ1) is 26.6. The van der Waals surface area contributed by atoms with Crippen LogP contribution in [0.5, 0.6) is 0 Å². The molecular formula is C28H32Cl2Zr. The summed E-state index contributed by atoms with van der Waals surface area (Å²) in [5.74, 6) is 0.520. The molecule has 3 aliphatic rings. The Balaban J connectivity index is 0.00000114. The normalized spacial score (nSPS) is 24.5. The van der Waals surface area contributed by atoms with Crippen molar-refractivity contribution in [3.8, 4) is 11.1 Å². The minimum absolute atomic E-state index is 0. The average molecular weight is 531 g/mol. The van der Waals surface area contributed by atoms with Crippen LogP contribution >= 0.6 is 0 Å². The molecule has 0 spiro atoms. The Hall–Kier alpha value is -0.617. The second kappa shape index (κ2) is 8.63. The summed E-state index contributed by atoms with van der Waals surface area (Å²) in [7, 11) is 0. The first-order chi connectivity index (χ1) is 13.1. The third-order valence-corrected chi connectivity index (χ3v) is 7.60. The van der Waals surface area contributed by atoms with Crippen molar-refractivity contribution in [2.24, 2.45) is 16.7 Å². The summed E-state index contributed by atoms with van der Waals surface area (Å²) in [4.78, 5) is 0. The molecule has 0 amide bonds. The van der Waals surface area contributed by atoms with Crippen LogP contribution in [0.15, 0.2) is 65.8 Å². The Morgan fingerprint density at radius 2 is 1.52 bits per heavy atom. The Kier molecular flexibility index (Phi) is 7.41. The van der Waals surface area contributed by atoms with Gasteiger partial charge in [0.25, 0.3) is 0 Å². The summed E-state index contributed by atoms with van der Waals surface area (Å²) in [6.07, 6.45) is 7.44. The number of benzene rings is 2. The van der Waals surface area contributed by atoms with Crippen LogP contribution in [0.1, 0.15) is 64.7 Å². The summed E-state index contributed by atoms with van der Waals surface area (Å²) in [6, 6.07) is 16.0. The zero-order valence-corrected chi connectivity index (χ0v) is 23.4. The van der Waals surface area contributed by atoms with E-state index in [9.17, 15) is 0 Å². The van der Waals surface area contributed by atoms with E-state index in [1.165, 1.54) is 28.7 Å². The molecule has 3 aliphatic carbocycles. The standard InChI is InChI=1S/C28H32.2ClH.Zr/c1-26(2,3)19-15-24-25(16-19)28(6,17-27(24,4)5)23-13-9-12-21-20-11-8-7-10-18(20)14-22(21)23;;;/h7-13,15-16,25H,14,17H2,1-6H3;2*1H;/q;;;+2/p-2. The van der Waals surface area contributed by atoms with E-state index in [-0.39, 0.29) is 67.3 Å². The summed E-state index contributed by atoms with van der Waals surface area (Å²) in [5.41, 5.74) is 11.3. The van der Waals surface area contributed by atoms with E-state index >= 15 is 0 Å². The number of rotatable bonds is 1. The predicted octanol–water partition coefficient (Wildman–Crippen LogP) is 1.48. The maximum atomic E-state index is 2.60. The van der Waals surface area contributed by atoms with Crippen molar-refractivity contribution in [1.29, 1.82) is 0 Å². The van der Waals surface area contributed by atoms with Gasteiger partial charge >= 0.3 is 26.2 Å². The number of fused-ring (bicyclic) bond motifs is 4. The second-order valence-corrected chi connectivity index (χ2v) is 11.1. The molecule has 0 aliphatic heterocycles. The van der Waals surface area contributed by atoms with Gasteiger partial charge in [0.05, 0.1) is 0 Å². The Morgan fingerprint density at radius 3 is 2.19 bits per heavy atom. The zero-order chi connectivity index (χ0) is 19.9. The molecular weight excluding hydrogens is 498 g/mol. The third-order valence-electron chi connectivity index (χ3n) is 7.60. The van der Waals surface area contributed by atoms with E-state index in [0.29, 0.717) is 5.92 Å². The molecule has 2 aromatic carbocycles. The number of hydrogen-bond acceptors (Lipinski definition) is 0. The molecule has 31 heavy (non-hydrogen) atoms. The van der Waals surface area contributed by atoms with Crippen molar-refractivity contribution < 1.29 is 51.0 Å². The molecule has 0 saturated heterocycles. The number of hydrogen-bond donors (Lipinski definition) is 0. The molecule has 3 heteroatoms. The molecule has 2 unspecified atom stereocenters. The van der Waals surface area contributed by atoms with E-state index in [4.69, 9.17) is 0 Å². The topological polar surface area (TPSA) is 0 Å². The Morgan fingerprint density at radius 1 is 0.871 bits per heavy atom. The fraction of sp³-hybridized carbons (Fsp3) is 0.429. The smallest absolute Gasteiger partial charge is 1.00 e. The predicted molar refractivity (Wildman–Crippen MR) is 120 cm³/mol. The molecule has 0 N–H and O–H groups in total. The Bertz CT molecular complexity index is 1050. The van der Waals surface area contributed by atoms with Crippen LogP contribution in [-0.2, 0) is 38.0 Å². The van der Waals surface area contributed by atoms with Gasteiger partial charge in [-0.15, -0.1) is 0 Å². The van der Waals surface area contributed by atoms with Gasteiger partial charge < -0.3 is 24.8 Å². The van der Waals surface area contributed by atoms with Crippen molar-refractivity contribution in [1.82, 2.24) is 0 Å². The molecule has 0 nitrogen and oxygen atoms in total. The second-order valence-electron chi connectivity index (χ2n) is 11.1. The van der Waals surface area contributed by atoms with Crippen molar-refractivity contribution >= 4 is 0 Å². The van der Waals surface area contributed by atoms with Gasteiger partial charge in [-0.2, -0.15) is 0 Å². The maximum absolute atomic E-state index is 2.60. The van der Waals surface area contributed by atoms with Crippen LogP contribution < -0.4 is 24.8 Å². The third kappa shape index (κ3) is 3.98. The maximum Gasteiger partial charge on any atom is 2.00 e. The molecule has 1 saturated carbocycles. The summed E-state index contributed by atoms with van der Waals surface area (Å²) in [6.45, 7) is 14.5. The average Bonchev–Trinajstić information content (AvgIpc) is 3.27. The first-order valence-corrected chi connectivity index (χ1v) is 10.8. The molecule has 2 aromatic rings. The van der Waals surface area contributed by atoms with E-state index in [0.717, 1.165) is 6.42 Å². The molecule has 0 radical (unpaired) electrons. The Labute approximate surface area is 219 Å². The van der Waals surface area contributed by atoms with Crippen LogP contribution in [0, 0.1) is 16.7 Å². The summed E-state index contributed by atoms with van der Waals surface area (Å²) in [5, 5.41) is 0. The van der Waals surface area contributed by atoms with E-state index < -0.39 is 0 Å². The van der Waals surface area contributed by atoms with Crippen molar-refractivity contribution in [2.75, 3.05) is 0 Å². The van der Waals surface area contributed by atoms with Gasteiger partial charge in [-0.05, 0) is 57.1 Å². The SMILES string of the molecule is CC(C)(C)C1=CC2C(=C1)C(C)(C)CC2(C)c1cccc2c1Cc1ccccc1-2.[Cl-].[Cl-].[Zr+2].